The zero-order valence-corrected chi connectivity index (χ0v) is 12.9. The molecule has 0 aromatic carbocycles. The molecule has 0 saturated carbocycles. The Balaban J connectivity index is 1.67. The molecule has 2 fully saturated rings. The van der Waals surface area contributed by atoms with Crippen molar-refractivity contribution in [2.75, 3.05) is 26.3 Å². The molecule has 0 N–H and O–H groups in total. The van der Waals surface area contributed by atoms with Crippen LogP contribution in [0.2, 0.25) is 0 Å². The summed E-state index contributed by atoms with van der Waals surface area (Å²) in [5.74, 6) is 0. The quantitative estimate of drug-likeness (QED) is 0.831. The zero-order valence-electron chi connectivity index (χ0n) is 12.1. The van der Waals surface area contributed by atoms with E-state index >= 15 is 0 Å². The van der Waals surface area contributed by atoms with Crippen LogP contribution in [0.3, 0.4) is 0 Å². The summed E-state index contributed by atoms with van der Waals surface area (Å²) in [7, 11) is -3.46. The lowest BCUT2D eigenvalue weighted by Gasteiger charge is -2.52. The number of nitrogens with zero attached hydrogens (tertiary/aromatic N) is 2. The fraction of sp³-hybridized carbons (Fsp3) is 0.643. The number of hydrogen-bond donors (Lipinski definition) is 0. The highest BCUT2D eigenvalue weighted by Gasteiger charge is 2.52. The van der Waals surface area contributed by atoms with E-state index in [1.807, 2.05) is 6.92 Å². The maximum Gasteiger partial charge on any atom is 0.244 e. The van der Waals surface area contributed by atoms with E-state index in [0.717, 1.165) is 12.8 Å². The molecule has 0 unspecified atom stereocenters. The van der Waals surface area contributed by atoms with Crippen molar-refractivity contribution in [2.45, 2.75) is 36.4 Å². The smallest absolute Gasteiger partial charge is 0.244 e. The number of rotatable bonds is 4. The Bertz CT molecular complexity index is 582. The molecule has 6 nitrogen and oxygen atoms in total. The van der Waals surface area contributed by atoms with Crippen molar-refractivity contribution in [3.8, 4) is 0 Å². The van der Waals surface area contributed by atoms with Crippen molar-refractivity contribution in [3.05, 3.63) is 24.5 Å². The third kappa shape index (κ3) is 2.83. The largest absolute Gasteiger partial charge is 0.378 e. The van der Waals surface area contributed by atoms with Gasteiger partial charge in [0.25, 0.3) is 0 Å². The summed E-state index contributed by atoms with van der Waals surface area (Å²) in [4.78, 5) is 4.11. The van der Waals surface area contributed by atoms with Crippen molar-refractivity contribution in [1.29, 1.82) is 0 Å². The molecule has 2 aliphatic heterocycles. The summed E-state index contributed by atoms with van der Waals surface area (Å²) in [6, 6.07) is 3.20. The van der Waals surface area contributed by atoms with Crippen molar-refractivity contribution in [2.24, 2.45) is 0 Å². The van der Waals surface area contributed by atoms with E-state index in [1.54, 1.807) is 18.3 Å². The molecule has 2 aliphatic rings. The summed E-state index contributed by atoms with van der Waals surface area (Å²) >= 11 is 0. The highest BCUT2D eigenvalue weighted by Crippen LogP contribution is 2.38. The topological polar surface area (TPSA) is 68.7 Å². The van der Waals surface area contributed by atoms with Gasteiger partial charge in [0.05, 0.1) is 11.7 Å². The minimum Gasteiger partial charge on any atom is -0.378 e. The van der Waals surface area contributed by atoms with Crippen LogP contribution in [0.15, 0.2) is 29.4 Å². The fourth-order valence-corrected chi connectivity index (χ4v) is 4.55. The average Bonchev–Trinajstić information content (AvgIpc) is 2.46. The van der Waals surface area contributed by atoms with E-state index in [-0.39, 0.29) is 16.6 Å². The lowest BCUT2D eigenvalue weighted by molar-refractivity contribution is -0.177. The summed E-state index contributed by atoms with van der Waals surface area (Å²) < 4.78 is 37.8. The summed E-state index contributed by atoms with van der Waals surface area (Å²) in [6.07, 6.45) is 4.76. The maximum atomic E-state index is 12.4. The summed E-state index contributed by atoms with van der Waals surface area (Å²) in [5.41, 5.74) is -0.368. The highest BCUT2D eigenvalue weighted by molar-refractivity contribution is 7.89. The predicted molar refractivity (Wildman–Crippen MR) is 76.3 cm³/mol. The first-order chi connectivity index (χ1) is 10.1. The van der Waals surface area contributed by atoms with E-state index in [2.05, 4.69) is 4.98 Å². The Morgan fingerprint density at radius 2 is 2.33 bits per heavy atom. The monoisotopic (exact) mass is 312 g/mol. The molecular formula is C14H20N2O4S. The Kier molecular flexibility index (Phi) is 4.00. The molecule has 0 amide bonds. The summed E-state index contributed by atoms with van der Waals surface area (Å²) in [6.45, 7) is 4.08. The van der Waals surface area contributed by atoms with Gasteiger partial charge < -0.3 is 9.47 Å². The van der Waals surface area contributed by atoms with Gasteiger partial charge in [0, 0.05) is 45.1 Å². The van der Waals surface area contributed by atoms with Crippen molar-refractivity contribution in [1.82, 2.24) is 9.29 Å². The van der Waals surface area contributed by atoms with Gasteiger partial charge in [-0.25, -0.2) is 8.42 Å². The SMILES string of the molecule is CCO[C@@H]1CCOC2(C1)CN(S(=O)(=O)c1cccnc1)C2. The molecule has 1 atom stereocenters. The lowest BCUT2D eigenvalue weighted by Crippen LogP contribution is -2.67. The van der Waals surface area contributed by atoms with E-state index in [9.17, 15) is 8.42 Å². The van der Waals surface area contributed by atoms with Gasteiger partial charge in [-0.1, -0.05) is 0 Å². The zero-order chi connectivity index (χ0) is 14.9. The molecule has 2 saturated heterocycles. The van der Waals surface area contributed by atoms with E-state index in [4.69, 9.17) is 9.47 Å². The Morgan fingerprint density at radius 3 is 3.00 bits per heavy atom. The number of pyridine rings is 1. The van der Waals surface area contributed by atoms with Crippen LogP contribution in [0, 0.1) is 0 Å². The van der Waals surface area contributed by atoms with Crippen LogP contribution in [-0.2, 0) is 19.5 Å². The van der Waals surface area contributed by atoms with Gasteiger partial charge >= 0.3 is 0 Å². The molecule has 0 bridgehead atoms. The first kappa shape index (κ1) is 14.9. The van der Waals surface area contributed by atoms with Gasteiger partial charge in [-0.3, -0.25) is 4.98 Å². The fourth-order valence-electron chi connectivity index (χ4n) is 3.00. The van der Waals surface area contributed by atoms with Gasteiger partial charge in [0.1, 0.15) is 4.90 Å². The number of aromatic nitrogens is 1. The molecule has 0 aliphatic carbocycles. The second-order valence-corrected chi connectivity index (χ2v) is 7.50. The van der Waals surface area contributed by atoms with Gasteiger partial charge in [0.2, 0.25) is 10.0 Å². The maximum absolute atomic E-state index is 12.4. The number of sulfonamides is 1. The molecular weight excluding hydrogens is 292 g/mol. The van der Waals surface area contributed by atoms with E-state index < -0.39 is 10.0 Å². The second-order valence-electron chi connectivity index (χ2n) is 5.56. The van der Waals surface area contributed by atoms with Crippen LogP contribution < -0.4 is 0 Å². The predicted octanol–water partition coefficient (Wildman–Crippen LogP) is 1.04. The van der Waals surface area contributed by atoms with Crippen LogP contribution in [0.5, 0.6) is 0 Å². The van der Waals surface area contributed by atoms with Crippen LogP contribution in [0.1, 0.15) is 19.8 Å². The van der Waals surface area contributed by atoms with Gasteiger partial charge in [0.15, 0.2) is 0 Å². The van der Waals surface area contributed by atoms with E-state index in [0.29, 0.717) is 26.3 Å². The van der Waals surface area contributed by atoms with Crippen molar-refractivity contribution >= 4 is 10.0 Å². The average molecular weight is 312 g/mol. The minimum atomic E-state index is -3.46. The highest BCUT2D eigenvalue weighted by atomic mass is 32.2. The number of hydrogen-bond acceptors (Lipinski definition) is 5. The Hall–Kier alpha value is -1.02. The minimum absolute atomic E-state index is 0.173. The molecule has 3 rings (SSSR count). The van der Waals surface area contributed by atoms with Gasteiger partial charge in [-0.2, -0.15) is 4.31 Å². The van der Waals surface area contributed by atoms with Gasteiger partial charge in [-0.05, 0) is 25.5 Å². The molecule has 1 aromatic heterocycles. The lowest BCUT2D eigenvalue weighted by atomic mass is 9.86. The Morgan fingerprint density at radius 1 is 1.52 bits per heavy atom. The van der Waals surface area contributed by atoms with Crippen molar-refractivity contribution < 1.29 is 17.9 Å². The molecule has 1 aromatic rings. The molecule has 0 radical (unpaired) electrons. The normalized spacial score (nSPS) is 25.7. The first-order valence-corrected chi connectivity index (χ1v) is 8.65. The van der Waals surface area contributed by atoms with Crippen LogP contribution >= 0.6 is 0 Å². The standard InChI is InChI=1S/C14H20N2O4S/c1-2-19-12-5-7-20-14(8-12)10-16(11-14)21(17,18)13-4-3-6-15-9-13/h3-4,6,9,12H,2,5,7-8,10-11H2,1H3/t12-/m1/s1. The molecule has 1 spiro atoms. The van der Waals surface area contributed by atoms with Gasteiger partial charge in [-0.15, -0.1) is 0 Å². The molecule has 7 heteroatoms. The van der Waals surface area contributed by atoms with E-state index in [1.165, 1.54) is 10.5 Å². The Labute approximate surface area is 125 Å². The van der Waals surface area contributed by atoms with Crippen LogP contribution in [-0.4, -0.2) is 55.7 Å². The molecule has 3 heterocycles. The second kappa shape index (κ2) is 5.64. The van der Waals surface area contributed by atoms with Crippen LogP contribution in [0.25, 0.3) is 0 Å². The molecule has 116 valence electrons. The molecule has 21 heavy (non-hydrogen) atoms. The summed E-state index contributed by atoms with van der Waals surface area (Å²) in [5, 5.41) is 0. The van der Waals surface area contributed by atoms with Crippen LogP contribution in [0.4, 0.5) is 0 Å². The third-order valence-corrected chi connectivity index (χ3v) is 5.83. The first-order valence-electron chi connectivity index (χ1n) is 7.21. The third-order valence-electron chi connectivity index (χ3n) is 4.05. The van der Waals surface area contributed by atoms with Crippen molar-refractivity contribution in [3.63, 3.8) is 0 Å². The number of ether oxygens (including phenoxy) is 2.